The van der Waals surface area contributed by atoms with E-state index in [1.165, 1.54) is 25.7 Å². The van der Waals surface area contributed by atoms with Crippen LogP contribution in [0.5, 0.6) is 5.75 Å². The molecule has 2 aliphatic rings. The maximum absolute atomic E-state index is 5.78. The zero-order valence-electron chi connectivity index (χ0n) is 16.3. The molecule has 2 bridgehead atoms. The normalized spacial score (nSPS) is 23.5. The van der Waals surface area contributed by atoms with Crippen LogP contribution in [0.2, 0.25) is 0 Å². The van der Waals surface area contributed by atoms with Crippen LogP contribution in [-0.4, -0.2) is 32.1 Å². The molecule has 2 heterocycles. The number of hydrogen-bond donors (Lipinski definition) is 3. The molecule has 0 aliphatic heterocycles. The Balaban J connectivity index is 1.41. The van der Waals surface area contributed by atoms with Gasteiger partial charge in [-0.2, -0.15) is 9.97 Å². The predicted molar refractivity (Wildman–Crippen MR) is 110 cm³/mol. The Labute approximate surface area is 164 Å². The molecule has 1 aromatic carbocycles. The molecular weight excluding hydrogens is 352 g/mol. The number of nitrogens with zero attached hydrogens (tertiary/aromatic N) is 3. The predicted octanol–water partition coefficient (Wildman–Crippen LogP) is 4.48. The van der Waals surface area contributed by atoms with E-state index in [4.69, 9.17) is 9.72 Å². The Morgan fingerprint density at radius 2 is 2.11 bits per heavy atom. The van der Waals surface area contributed by atoms with Crippen molar-refractivity contribution in [2.24, 2.45) is 11.8 Å². The fraction of sp³-hybridized carbons (Fsp3) is 0.476. The van der Waals surface area contributed by atoms with E-state index in [9.17, 15) is 0 Å². The summed E-state index contributed by atoms with van der Waals surface area (Å²) in [6, 6.07) is 8.35. The van der Waals surface area contributed by atoms with Crippen molar-refractivity contribution in [1.29, 1.82) is 0 Å². The number of benzene rings is 1. The SMILES string of the molecule is CC(C)Oc1cccc(Nc2nc(NC3CC4CCC3C4)c3[nH]cnc3n2)c1. The topological polar surface area (TPSA) is 87.8 Å². The minimum absolute atomic E-state index is 0.129. The van der Waals surface area contributed by atoms with Gasteiger partial charge in [-0.25, -0.2) is 4.98 Å². The maximum atomic E-state index is 5.78. The van der Waals surface area contributed by atoms with Crippen LogP contribution in [0.4, 0.5) is 17.5 Å². The second-order valence-electron chi connectivity index (χ2n) is 8.24. The molecule has 28 heavy (non-hydrogen) atoms. The molecule has 3 unspecified atom stereocenters. The average molecular weight is 378 g/mol. The highest BCUT2D eigenvalue weighted by atomic mass is 16.5. The first-order valence-corrected chi connectivity index (χ1v) is 10.2. The maximum Gasteiger partial charge on any atom is 0.231 e. The van der Waals surface area contributed by atoms with Gasteiger partial charge in [-0.05, 0) is 57.1 Å². The lowest BCUT2D eigenvalue weighted by atomic mass is 9.95. The molecule has 2 fully saturated rings. The van der Waals surface area contributed by atoms with Gasteiger partial charge in [-0.15, -0.1) is 0 Å². The highest BCUT2D eigenvalue weighted by Gasteiger charge is 2.39. The highest BCUT2D eigenvalue weighted by Crippen LogP contribution is 2.45. The quantitative estimate of drug-likeness (QED) is 0.586. The fourth-order valence-corrected chi connectivity index (χ4v) is 4.64. The molecule has 0 spiro atoms. The van der Waals surface area contributed by atoms with Crippen LogP contribution >= 0.6 is 0 Å². The van der Waals surface area contributed by atoms with Gasteiger partial charge in [0.15, 0.2) is 11.5 Å². The van der Waals surface area contributed by atoms with Gasteiger partial charge in [0, 0.05) is 17.8 Å². The molecule has 3 N–H and O–H groups in total. The number of rotatable bonds is 6. The minimum atomic E-state index is 0.129. The number of hydrogen-bond acceptors (Lipinski definition) is 6. The summed E-state index contributed by atoms with van der Waals surface area (Å²) in [5.74, 6) is 3.83. The largest absolute Gasteiger partial charge is 0.491 e. The van der Waals surface area contributed by atoms with Crippen LogP contribution in [0.15, 0.2) is 30.6 Å². The number of ether oxygens (including phenoxy) is 1. The number of aromatic nitrogens is 4. The van der Waals surface area contributed by atoms with Crippen molar-refractivity contribution in [2.75, 3.05) is 10.6 Å². The standard InChI is InChI=1S/C21H26N6O/c1-12(2)28-16-5-3-4-15(10-16)24-21-26-19-18(22-11-23-19)20(27-21)25-17-9-13-6-7-14(17)8-13/h3-5,10-14,17H,6-9H2,1-2H3,(H3,22,23,24,25,26,27). The average Bonchev–Trinajstić information content (AvgIpc) is 3.38. The molecule has 3 atom stereocenters. The van der Waals surface area contributed by atoms with Gasteiger partial charge < -0.3 is 20.4 Å². The van der Waals surface area contributed by atoms with Crippen LogP contribution < -0.4 is 15.4 Å². The summed E-state index contributed by atoms with van der Waals surface area (Å²) >= 11 is 0. The third kappa shape index (κ3) is 3.37. The molecule has 146 valence electrons. The third-order valence-electron chi connectivity index (χ3n) is 5.81. The summed E-state index contributed by atoms with van der Waals surface area (Å²) in [6.07, 6.45) is 7.10. The molecular formula is C21H26N6O. The van der Waals surface area contributed by atoms with Crippen molar-refractivity contribution >= 4 is 28.6 Å². The molecule has 0 saturated heterocycles. The van der Waals surface area contributed by atoms with Gasteiger partial charge in [0.25, 0.3) is 0 Å². The summed E-state index contributed by atoms with van der Waals surface area (Å²) < 4.78 is 5.78. The van der Waals surface area contributed by atoms with Crippen LogP contribution in [-0.2, 0) is 0 Å². The minimum Gasteiger partial charge on any atom is -0.491 e. The van der Waals surface area contributed by atoms with Gasteiger partial charge in [0.05, 0.1) is 12.4 Å². The first kappa shape index (κ1) is 17.3. The van der Waals surface area contributed by atoms with Gasteiger partial charge >= 0.3 is 0 Å². The molecule has 2 aliphatic carbocycles. The smallest absolute Gasteiger partial charge is 0.231 e. The van der Waals surface area contributed by atoms with E-state index in [2.05, 4.69) is 25.6 Å². The monoisotopic (exact) mass is 378 g/mol. The van der Waals surface area contributed by atoms with Crippen LogP contribution in [0.25, 0.3) is 11.2 Å². The molecule has 5 rings (SSSR count). The fourth-order valence-electron chi connectivity index (χ4n) is 4.64. The zero-order chi connectivity index (χ0) is 19.1. The lowest BCUT2D eigenvalue weighted by molar-refractivity contribution is 0.242. The number of nitrogens with one attached hydrogen (secondary N) is 3. The van der Waals surface area contributed by atoms with Crippen molar-refractivity contribution in [3.8, 4) is 5.75 Å². The first-order chi connectivity index (χ1) is 13.6. The summed E-state index contributed by atoms with van der Waals surface area (Å²) in [7, 11) is 0. The second-order valence-corrected chi connectivity index (χ2v) is 8.24. The van der Waals surface area contributed by atoms with E-state index < -0.39 is 0 Å². The number of anilines is 3. The van der Waals surface area contributed by atoms with E-state index in [-0.39, 0.29) is 6.10 Å². The van der Waals surface area contributed by atoms with Crippen molar-refractivity contribution in [3.63, 3.8) is 0 Å². The number of fused-ring (bicyclic) bond motifs is 3. The summed E-state index contributed by atoms with van der Waals surface area (Å²) in [5.41, 5.74) is 2.42. The van der Waals surface area contributed by atoms with Gasteiger partial charge in [0.2, 0.25) is 5.95 Å². The van der Waals surface area contributed by atoms with Crippen molar-refractivity contribution < 1.29 is 4.74 Å². The van der Waals surface area contributed by atoms with E-state index in [0.29, 0.717) is 17.6 Å². The molecule has 2 aromatic heterocycles. The Kier molecular flexibility index (Phi) is 4.30. The van der Waals surface area contributed by atoms with Crippen molar-refractivity contribution in [1.82, 2.24) is 19.9 Å². The van der Waals surface area contributed by atoms with Gasteiger partial charge in [-0.3, -0.25) is 0 Å². The second kappa shape index (κ2) is 6.96. The van der Waals surface area contributed by atoms with E-state index in [0.717, 1.165) is 34.6 Å². The Morgan fingerprint density at radius 1 is 1.18 bits per heavy atom. The van der Waals surface area contributed by atoms with Gasteiger partial charge in [-0.1, -0.05) is 12.5 Å². The molecule has 0 amide bonds. The lowest BCUT2D eigenvalue weighted by Gasteiger charge is -2.23. The van der Waals surface area contributed by atoms with Crippen molar-refractivity contribution in [3.05, 3.63) is 30.6 Å². The van der Waals surface area contributed by atoms with E-state index in [1.807, 2.05) is 38.1 Å². The first-order valence-electron chi connectivity index (χ1n) is 10.2. The number of imidazole rings is 1. The summed E-state index contributed by atoms with van der Waals surface area (Å²) in [6.45, 7) is 4.03. The molecule has 0 radical (unpaired) electrons. The highest BCUT2D eigenvalue weighted by molar-refractivity contribution is 5.84. The van der Waals surface area contributed by atoms with Crippen LogP contribution in [0, 0.1) is 11.8 Å². The van der Waals surface area contributed by atoms with E-state index in [1.54, 1.807) is 6.33 Å². The van der Waals surface area contributed by atoms with Gasteiger partial charge in [0.1, 0.15) is 11.3 Å². The zero-order valence-corrected chi connectivity index (χ0v) is 16.3. The summed E-state index contributed by atoms with van der Waals surface area (Å²) in [4.78, 5) is 16.9. The van der Waals surface area contributed by atoms with Crippen LogP contribution in [0.3, 0.4) is 0 Å². The summed E-state index contributed by atoms with van der Waals surface area (Å²) in [5, 5.41) is 6.98. The van der Waals surface area contributed by atoms with E-state index >= 15 is 0 Å². The van der Waals surface area contributed by atoms with Crippen molar-refractivity contribution in [2.45, 2.75) is 51.7 Å². The Bertz CT molecular complexity index is 984. The Hall–Kier alpha value is -2.83. The molecule has 7 heteroatoms. The molecule has 2 saturated carbocycles. The lowest BCUT2D eigenvalue weighted by Crippen LogP contribution is -2.26. The third-order valence-corrected chi connectivity index (χ3v) is 5.81. The van der Waals surface area contributed by atoms with Crippen LogP contribution in [0.1, 0.15) is 39.5 Å². The number of H-pyrrole nitrogens is 1. The molecule has 7 nitrogen and oxygen atoms in total. The Morgan fingerprint density at radius 3 is 2.89 bits per heavy atom. The number of aromatic amines is 1. The molecule has 3 aromatic rings.